The van der Waals surface area contributed by atoms with Gasteiger partial charge in [-0.15, -0.1) is 11.3 Å². The minimum Gasteiger partial charge on any atom is -0.508 e. The number of para-hydroxylation sites is 2. The van der Waals surface area contributed by atoms with Gasteiger partial charge in [-0.3, -0.25) is 15.1 Å². The SMILES string of the molecule is O=C(Nc1nccs1)c1c(Cc2ccccc2O)nc2c(C(F)(F)F)cccc2c1O. The Morgan fingerprint density at radius 3 is 2.55 bits per heavy atom. The van der Waals surface area contributed by atoms with E-state index < -0.39 is 28.9 Å². The number of thiazole rings is 1. The summed E-state index contributed by atoms with van der Waals surface area (Å²) in [5.41, 5.74) is -1.58. The molecule has 0 atom stereocenters. The van der Waals surface area contributed by atoms with Crippen molar-refractivity contribution in [3.8, 4) is 11.5 Å². The molecule has 6 nitrogen and oxygen atoms in total. The summed E-state index contributed by atoms with van der Waals surface area (Å²) in [7, 11) is 0. The number of halogens is 3. The van der Waals surface area contributed by atoms with E-state index in [1.165, 1.54) is 18.3 Å². The zero-order chi connectivity index (χ0) is 22.2. The number of amides is 1. The molecule has 0 spiro atoms. The maximum Gasteiger partial charge on any atom is 0.418 e. The summed E-state index contributed by atoms with van der Waals surface area (Å²) < 4.78 is 40.6. The Morgan fingerprint density at radius 2 is 1.87 bits per heavy atom. The Labute approximate surface area is 177 Å². The second-order valence-corrected chi connectivity index (χ2v) is 7.47. The van der Waals surface area contributed by atoms with Crippen molar-refractivity contribution in [3.05, 3.63) is 76.4 Å². The van der Waals surface area contributed by atoms with E-state index in [9.17, 15) is 28.2 Å². The van der Waals surface area contributed by atoms with Crippen molar-refractivity contribution in [2.45, 2.75) is 12.6 Å². The third kappa shape index (κ3) is 4.02. The zero-order valence-electron chi connectivity index (χ0n) is 15.6. The molecule has 31 heavy (non-hydrogen) atoms. The van der Waals surface area contributed by atoms with Gasteiger partial charge in [0.15, 0.2) is 5.13 Å². The highest BCUT2D eigenvalue weighted by Gasteiger charge is 2.35. The highest BCUT2D eigenvalue weighted by Crippen LogP contribution is 2.39. The van der Waals surface area contributed by atoms with Crippen LogP contribution in [0.15, 0.2) is 54.0 Å². The van der Waals surface area contributed by atoms with Crippen LogP contribution in [0.3, 0.4) is 0 Å². The van der Waals surface area contributed by atoms with Crippen LogP contribution in [0, 0.1) is 0 Å². The summed E-state index contributed by atoms with van der Waals surface area (Å²) in [5.74, 6) is -1.51. The van der Waals surface area contributed by atoms with E-state index in [2.05, 4.69) is 15.3 Å². The van der Waals surface area contributed by atoms with E-state index in [4.69, 9.17) is 0 Å². The number of hydrogen-bond acceptors (Lipinski definition) is 6. The fourth-order valence-electron chi connectivity index (χ4n) is 3.20. The first-order valence-corrected chi connectivity index (χ1v) is 9.83. The second-order valence-electron chi connectivity index (χ2n) is 6.58. The number of phenols is 1. The van der Waals surface area contributed by atoms with Crippen molar-refractivity contribution in [2.75, 3.05) is 5.32 Å². The van der Waals surface area contributed by atoms with Crippen LogP contribution in [0.5, 0.6) is 11.5 Å². The number of hydrogen-bond donors (Lipinski definition) is 3. The van der Waals surface area contributed by atoms with Gasteiger partial charge in [0.1, 0.15) is 17.1 Å². The molecular weight excluding hydrogens is 431 g/mol. The van der Waals surface area contributed by atoms with Gasteiger partial charge >= 0.3 is 6.18 Å². The standard InChI is InChI=1S/C21H14F3N3O3S/c22-21(23,24)13-6-3-5-12-17(13)26-14(10-11-4-1-2-7-15(11)28)16(18(12)29)19(30)27-20-25-8-9-31-20/h1-9,28H,10H2,(H,26,29)(H,25,27,30). The number of carbonyl (C=O) groups excluding carboxylic acids is 1. The maximum absolute atomic E-state index is 13.5. The largest absolute Gasteiger partial charge is 0.508 e. The topological polar surface area (TPSA) is 95.3 Å². The number of fused-ring (bicyclic) bond motifs is 1. The molecule has 0 unspecified atom stereocenters. The van der Waals surface area contributed by atoms with E-state index in [0.29, 0.717) is 5.56 Å². The summed E-state index contributed by atoms with van der Waals surface area (Å²) in [5, 5.41) is 25.1. The van der Waals surface area contributed by atoms with Crippen LogP contribution >= 0.6 is 11.3 Å². The summed E-state index contributed by atoms with van der Waals surface area (Å²) in [6, 6.07) is 9.43. The van der Waals surface area contributed by atoms with Crippen LogP contribution in [-0.2, 0) is 12.6 Å². The summed E-state index contributed by atoms with van der Waals surface area (Å²) in [6.07, 6.45) is -3.42. The summed E-state index contributed by atoms with van der Waals surface area (Å²) >= 11 is 1.14. The normalized spacial score (nSPS) is 11.6. The number of phenolic OH excluding ortho intramolecular Hbond substituents is 1. The Hall–Kier alpha value is -3.66. The highest BCUT2D eigenvalue weighted by atomic mass is 32.1. The van der Waals surface area contributed by atoms with E-state index >= 15 is 0 Å². The number of nitrogens with zero attached hydrogens (tertiary/aromatic N) is 2. The number of anilines is 1. The van der Waals surface area contributed by atoms with Gasteiger partial charge < -0.3 is 10.2 Å². The first kappa shape index (κ1) is 20.6. The van der Waals surface area contributed by atoms with E-state index in [-0.39, 0.29) is 33.9 Å². The molecule has 10 heteroatoms. The average molecular weight is 445 g/mol. The molecule has 0 aliphatic carbocycles. The fraction of sp³-hybridized carbons (Fsp3) is 0.0952. The Kier molecular flexibility index (Phi) is 5.24. The molecule has 0 aliphatic heterocycles. The Bertz CT molecular complexity index is 1270. The molecule has 0 aliphatic rings. The van der Waals surface area contributed by atoms with Crippen LogP contribution in [-0.4, -0.2) is 26.1 Å². The van der Waals surface area contributed by atoms with Gasteiger partial charge in [-0.25, -0.2) is 4.98 Å². The van der Waals surface area contributed by atoms with Gasteiger partial charge in [0, 0.05) is 23.4 Å². The molecule has 2 aromatic carbocycles. The predicted molar refractivity (Wildman–Crippen MR) is 109 cm³/mol. The molecular formula is C21H14F3N3O3S. The van der Waals surface area contributed by atoms with E-state index in [1.54, 1.807) is 23.6 Å². The number of pyridine rings is 1. The summed E-state index contributed by atoms with van der Waals surface area (Å²) in [4.78, 5) is 21.0. The first-order valence-electron chi connectivity index (χ1n) is 8.95. The van der Waals surface area contributed by atoms with Crippen LogP contribution < -0.4 is 5.32 Å². The van der Waals surface area contributed by atoms with Gasteiger partial charge in [0.25, 0.3) is 5.91 Å². The van der Waals surface area contributed by atoms with Crippen LogP contribution in [0.4, 0.5) is 18.3 Å². The molecule has 0 bridgehead atoms. The maximum atomic E-state index is 13.5. The monoisotopic (exact) mass is 445 g/mol. The molecule has 0 radical (unpaired) electrons. The van der Waals surface area contributed by atoms with Crippen LogP contribution in [0.1, 0.15) is 27.2 Å². The molecule has 2 aromatic heterocycles. The zero-order valence-corrected chi connectivity index (χ0v) is 16.5. The van der Waals surface area contributed by atoms with Crippen LogP contribution in [0.25, 0.3) is 10.9 Å². The van der Waals surface area contributed by atoms with Crippen molar-refractivity contribution in [3.63, 3.8) is 0 Å². The van der Waals surface area contributed by atoms with Crippen molar-refractivity contribution in [1.82, 2.24) is 9.97 Å². The number of alkyl halides is 3. The van der Waals surface area contributed by atoms with Crippen molar-refractivity contribution < 1.29 is 28.2 Å². The number of carbonyl (C=O) groups is 1. The highest BCUT2D eigenvalue weighted by molar-refractivity contribution is 7.13. The number of benzene rings is 2. The number of aromatic nitrogens is 2. The fourth-order valence-corrected chi connectivity index (χ4v) is 3.72. The molecule has 0 fully saturated rings. The lowest BCUT2D eigenvalue weighted by atomic mass is 9.99. The molecule has 3 N–H and O–H groups in total. The number of aromatic hydroxyl groups is 2. The Balaban J connectivity index is 1.94. The van der Waals surface area contributed by atoms with Gasteiger partial charge in [-0.1, -0.05) is 24.3 Å². The first-order chi connectivity index (χ1) is 14.8. The smallest absolute Gasteiger partial charge is 0.418 e. The molecule has 4 rings (SSSR count). The van der Waals surface area contributed by atoms with Gasteiger partial charge in [0.2, 0.25) is 0 Å². The molecule has 158 valence electrons. The third-order valence-electron chi connectivity index (χ3n) is 4.60. The number of rotatable bonds is 4. The van der Waals surface area contributed by atoms with Crippen molar-refractivity contribution >= 4 is 33.3 Å². The molecule has 1 amide bonds. The van der Waals surface area contributed by atoms with Crippen molar-refractivity contribution in [2.24, 2.45) is 0 Å². The lowest BCUT2D eigenvalue weighted by Gasteiger charge is -2.16. The lowest BCUT2D eigenvalue weighted by Crippen LogP contribution is -2.17. The lowest BCUT2D eigenvalue weighted by molar-refractivity contribution is -0.136. The summed E-state index contributed by atoms with van der Waals surface area (Å²) in [6.45, 7) is 0. The van der Waals surface area contributed by atoms with Crippen LogP contribution in [0.2, 0.25) is 0 Å². The van der Waals surface area contributed by atoms with E-state index in [1.807, 2.05) is 0 Å². The van der Waals surface area contributed by atoms with E-state index in [0.717, 1.165) is 23.5 Å². The average Bonchev–Trinajstić information content (AvgIpc) is 3.21. The minimum atomic E-state index is -4.71. The van der Waals surface area contributed by atoms with Crippen molar-refractivity contribution in [1.29, 1.82) is 0 Å². The van der Waals surface area contributed by atoms with Gasteiger partial charge in [-0.05, 0) is 23.8 Å². The minimum absolute atomic E-state index is 0.112. The molecule has 4 aromatic rings. The third-order valence-corrected chi connectivity index (χ3v) is 5.29. The molecule has 0 saturated carbocycles. The molecule has 0 saturated heterocycles. The Morgan fingerprint density at radius 1 is 1.10 bits per heavy atom. The van der Waals surface area contributed by atoms with Gasteiger partial charge in [-0.2, -0.15) is 13.2 Å². The number of nitrogens with one attached hydrogen (secondary N) is 1. The quantitative estimate of drug-likeness (QED) is 0.413. The second kappa shape index (κ2) is 7.88. The molecule has 2 heterocycles. The van der Waals surface area contributed by atoms with Gasteiger partial charge in [0.05, 0.1) is 16.8 Å². The predicted octanol–water partition coefficient (Wildman–Crippen LogP) is 4.96.